The molecule has 0 spiro atoms. The van der Waals surface area contributed by atoms with E-state index in [9.17, 15) is 9.59 Å². The number of amides is 1. The molecule has 0 aliphatic rings. The third-order valence-corrected chi connectivity index (χ3v) is 2.44. The van der Waals surface area contributed by atoms with E-state index in [1.54, 1.807) is 33.0 Å². The van der Waals surface area contributed by atoms with Crippen molar-refractivity contribution >= 4 is 23.3 Å². The number of carbonyl (C=O) groups is 2. The number of carbonyl (C=O) groups excluding carboxylic acids is 1. The summed E-state index contributed by atoms with van der Waals surface area (Å²) in [7, 11) is 1.56. The summed E-state index contributed by atoms with van der Waals surface area (Å²) in [6.07, 6.45) is 0. The molecule has 1 aromatic rings. The van der Waals surface area contributed by atoms with Gasteiger partial charge in [-0.05, 0) is 18.2 Å². The zero-order chi connectivity index (χ0) is 13.2. The summed E-state index contributed by atoms with van der Waals surface area (Å²) < 4.78 is 0. The zero-order valence-electron chi connectivity index (χ0n) is 10.1. The number of nitrogens with two attached hydrogens (primary N) is 1. The minimum Gasteiger partial charge on any atom is -0.478 e. The van der Waals surface area contributed by atoms with Gasteiger partial charge in [-0.2, -0.15) is 0 Å². The lowest BCUT2D eigenvalue weighted by atomic mass is 10.1. The minimum absolute atomic E-state index is 0.0292. The largest absolute Gasteiger partial charge is 0.478 e. The molecule has 0 unspecified atom stereocenters. The Balaban J connectivity index is 3.22. The van der Waals surface area contributed by atoms with Crippen LogP contribution in [-0.2, 0) is 4.79 Å². The summed E-state index contributed by atoms with van der Waals surface area (Å²) in [5.74, 6) is -1.44. The standard InChI is InChI=1S/C12H16N2O3/c1-7(2)11(15)14(3)10-5-4-8(13)6-9(10)12(16)17/h4-7H,13H2,1-3H3,(H,16,17). The Bertz CT molecular complexity index is 455. The first kappa shape index (κ1) is 13.0. The number of aromatic carboxylic acids is 1. The van der Waals surface area contributed by atoms with E-state index in [1.807, 2.05) is 0 Å². The summed E-state index contributed by atoms with van der Waals surface area (Å²) in [5.41, 5.74) is 6.27. The van der Waals surface area contributed by atoms with Gasteiger partial charge in [-0.3, -0.25) is 4.79 Å². The number of nitrogens with zero attached hydrogens (tertiary/aromatic N) is 1. The Labute approximate surface area is 99.8 Å². The molecular weight excluding hydrogens is 220 g/mol. The van der Waals surface area contributed by atoms with Crippen molar-refractivity contribution in [1.29, 1.82) is 0 Å². The van der Waals surface area contributed by atoms with Gasteiger partial charge in [0, 0.05) is 18.7 Å². The predicted molar refractivity (Wildman–Crippen MR) is 66.1 cm³/mol. The Hall–Kier alpha value is -2.04. The lowest BCUT2D eigenvalue weighted by Crippen LogP contribution is -2.31. The summed E-state index contributed by atoms with van der Waals surface area (Å²) in [5, 5.41) is 9.07. The van der Waals surface area contributed by atoms with Crippen LogP contribution in [0.2, 0.25) is 0 Å². The highest BCUT2D eigenvalue weighted by Gasteiger charge is 2.20. The fourth-order valence-electron chi connectivity index (χ4n) is 1.52. The molecule has 1 aromatic carbocycles. The van der Waals surface area contributed by atoms with Crippen molar-refractivity contribution in [1.82, 2.24) is 0 Å². The average Bonchev–Trinajstić information content (AvgIpc) is 2.26. The second-order valence-electron chi connectivity index (χ2n) is 4.13. The van der Waals surface area contributed by atoms with Crippen LogP contribution in [0.15, 0.2) is 18.2 Å². The van der Waals surface area contributed by atoms with Crippen molar-refractivity contribution in [2.24, 2.45) is 5.92 Å². The van der Waals surface area contributed by atoms with E-state index in [1.165, 1.54) is 11.0 Å². The molecule has 0 aromatic heterocycles. The lowest BCUT2D eigenvalue weighted by molar-refractivity contribution is -0.121. The molecule has 0 heterocycles. The minimum atomic E-state index is -1.10. The van der Waals surface area contributed by atoms with E-state index in [4.69, 9.17) is 10.8 Å². The van der Waals surface area contributed by atoms with Crippen LogP contribution < -0.4 is 10.6 Å². The number of benzene rings is 1. The first-order chi connectivity index (χ1) is 7.84. The molecule has 0 saturated heterocycles. The van der Waals surface area contributed by atoms with E-state index >= 15 is 0 Å². The molecule has 17 heavy (non-hydrogen) atoms. The van der Waals surface area contributed by atoms with Gasteiger partial charge >= 0.3 is 5.97 Å². The third kappa shape index (κ3) is 2.75. The maximum absolute atomic E-state index is 11.8. The van der Waals surface area contributed by atoms with E-state index in [0.29, 0.717) is 11.4 Å². The number of carboxylic acid groups (broad SMARTS) is 1. The maximum atomic E-state index is 11.8. The van der Waals surface area contributed by atoms with Crippen LogP contribution in [0.25, 0.3) is 0 Å². The second kappa shape index (κ2) is 4.86. The van der Waals surface area contributed by atoms with Crippen molar-refractivity contribution in [2.75, 3.05) is 17.7 Å². The molecule has 1 amide bonds. The number of anilines is 2. The predicted octanol–water partition coefficient (Wildman–Crippen LogP) is 1.59. The molecule has 5 nitrogen and oxygen atoms in total. The fourth-order valence-corrected chi connectivity index (χ4v) is 1.52. The molecule has 0 bridgehead atoms. The molecule has 92 valence electrons. The quantitative estimate of drug-likeness (QED) is 0.780. The molecular formula is C12H16N2O3. The highest BCUT2D eigenvalue weighted by molar-refractivity contribution is 6.02. The van der Waals surface area contributed by atoms with Gasteiger partial charge in [-0.25, -0.2) is 4.79 Å². The normalized spacial score (nSPS) is 10.4. The van der Waals surface area contributed by atoms with E-state index in [-0.39, 0.29) is 17.4 Å². The maximum Gasteiger partial charge on any atom is 0.337 e. The molecule has 0 radical (unpaired) electrons. The van der Waals surface area contributed by atoms with Crippen molar-refractivity contribution in [3.05, 3.63) is 23.8 Å². The first-order valence-electron chi connectivity index (χ1n) is 5.25. The van der Waals surface area contributed by atoms with Crippen molar-refractivity contribution < 1.29 is 14.7 Å². The molecule has 3 N–H and O–H groups in total. The van der Waals surface area contributed by atoms with Crippen LogP contribution in [0.5, 0.6) is 0 Å². The monoisotopic (exact) mass is 236 g/mol. The topological polar surface area (TPSA) is 83.6 Å². The number of nitrogen functional groups attached to an aromatic ring is 1. The van der Waals surface area contributed by atoms with Gasteiger partial charge < -0.3 is 15.7 Å². The van der Waals surface area contributed by atoms with Crippen LogP contribution in [0.3, 0.4) is 0 Å². The molecule has 0 fully saturated rings. The molecule has 5 heteroatoms. The molecule has 0 atom stereocenters. The van der Waals surface area contributed by atoms with Crippen LogP contribution >= 0.6 is 0 Å². The average molecular weight is 236 g/mol. The summed E-state index contributed by atoms with van der Waals surface area (Å²) in [6.45, 7) is 3.52. The molecule has 0 aliphatic heterocycles. The first-order valence-corrected chi connectivity index (χ1v) is 5.25. The van der Waals surface area contributed by atoms with Crippen molar-refractivity contribution in [3.8, 4) is 0 Å². The van der Waals surface area contributed by atoms with Gasteiger partial charge in [-0.1, -0.05) is 13.8 Å². The fraction of sp³-hybridized carbons (Fsp3) is 0.333. The van der Waals surface area contributed by atoms with Gasteiger partial charge in [0.15, 0.2) is 0 Å². The van der Waals surface area contributed by atoms with Crippen molar-refractivity contribution in [3.63, 3.8) is 0 Å². The van der Waals surface area contributed by atoms with Gasteiger partial charge in [0.05, 0.1) is 11.3 Å². The molecule has 0 saturated carbocycles. The number of carboxylic acids is 1. The smallest absolute Gasteiger partial charge is 0.337 e. The molecule has 1 rings (SSSR count). The van der Waals surface area contributed by atoms with E-state index in [2.05, 4.69) is 0 Å². The van der Waals surface area contributed by atoms with Gasteiger partial charge in [0.25, 0.3) is 0 Å². The van der Waals surface area contributed by atoms with Crippen LogP contribution in [-0.4, -0.2) is 24.0 Å². The van der Waals surface area contributed by atoms with Gasteiger partial charge in [0.1, 0.15) is 0 Å². The van der Waals surface area contributed by atoms with Gasteiger partial charge in [0.2, 0.25) is 5.91 Å². The van der Waals surface area contributed by atoms with Crippen LogP contribution in [0.1, 0.15) is 24.2 Å². The van der Waals surface area contributed by atoms with Crippen molar-refractivity contribution in [2.45, 2.75) is 13.8 Å². The van der Waals surface area contributed by atoms with Gasteiger partial charge in [-0.15, -0.1) is 0 Å². The highest BCUT2D eigenvalue weighted by Crippen LogP contribution is 2.23. The highest BCUT2D eigenvalue weighted by atomic mass is 16.4. The number of hydrogen-bond acceptors (Lipinski definition) is 3. The lowest BCUT2D eigenvalue weighted by Gasteiger charge is -2.21. The van der Waals surface area contributed by atoms with Crippen LogP contribution in [0, 0.1) is 5.92 Å². The molecule has 0 aliphatic carbocycles. The summed E-state index contributed by atoms with van der Waals surface area (Å²) in [4.78, 5) is 24.2. The Morgan fingerprint density at radius 1 is 1.35 bits per heavy atom. The summed E-state index contributed by atoms with van der Waals surface area (Å²) >= 11 is 0. The number of rotatable bonds is 3. The van der Waals surface area contributed by atoms with E-state index in [0.717, 1.165) is 0 Å². The Kier molecular flexibility index (Phi) is 3.73. The Morgan fingerprint density at radius 3 is 2.41 bits per heavy atom. The SMILES string of the molecule is CC(C)C(=O)N(C)c1ccc(N)cc1C(=O)O. The summed E-state index contributed by atoms with van der Waals surface area (Å²) in [6, 6.07) is 4.46. The van der Waals surface area contributed by atoms with Crippen LogP contribution in [0.4, 0.5) is 11.4 Å². The van der Waals surface area contributed by atoms with E-state index < -0.39 is 5.97 Å². The second-order valence-corrected chi connectivity index (χ2v) is 4.13. The number of hydrogen-bond donors (Lipinski definition) is 2. The zero-order valence-corrected chi connectivity index (χ0v) is 10.1. The Morgan fingerprint density at radius 2 is 1.94 bits per heavy atom. The third-order valence-electron chi connectivity index (χ3n) is 2.44.